The first-order chi connectivity index (χ1) is 16.2. The fourth-order valence-electron chi connectivity index (χ4n) is 3.24. The maximum atomic E-state index is 13.6. The number of imide groups is 2. The number of barbiturate groups is 1. The van der Waals surface area contributed by atoms with Gasteiger partial charge in [-0.25, -0.2) is 14.1 Å². The van der Waals surface area contributed by atoms with Gasteiger partial charge in [-0.3, -0.25) is 14.9 Å². The molecule has 0 aliphatic carbocycles. The third-order valence-corrected chi connectivity index (χ3v) is 6.38. The molecule has 6 nitrogen and oxygen atoms in total. The second-order valence-electron chi connectivity index (χ2n) is 7.13. The Kier molecular flexibility index (Phi) is 7.16. The van der Waals surface area contributed by atoms with Gasteiger partial charge < -0.3 is 4.74 Å². The van der Waals surface area contributed by atoms with Crippen LogP contribution < -0.4 is 15.0 Å². The molecule has 1 aliphatic heterocycles. The van der Waals surface area contributed by atoms with Crippen LogP contribution in [0.3, 0.4) is 0 Å². The summed E-state index contributed by atoms with van der Waals surface area (Å²) in [5.74, 6) is -1.85. The van der Waals surface area contributed by atoms with E-state index in [1.165, 1.54) is 24.3 Å². The number of halogens is 4. The van der Waals surface area contributed by atoms with Crippen LogP contribution >= 0.6 is 43.5 Å². The van der Waals surface area contributed by atoms with Crippen molar-refractivity contribution in [2.24, 2.45) is 0 Å². The van der Waals surface area contributed by atoms with Crippen LogP contribution in [0.5, 0.6) is 5.75 Å². The molecule has 1 N–H and O–H groups in total. The number of carbonyl (C=O) groups is 3. The number of nitrogens with one attached hydrogen (secondary N) is 1. The fraction of sp³-hybridized carbons (Fsp3) is 0.0417. The summed E-state index contributed by atoms with van der Waals surface area (Å²) in [6.07, 6.45) is 1.34. The number of benzene rings is 3. The number of carbonyl (C=O) groups excluding carboxylic acids is 3. The Labute approximate surface area is 215 Å². The second kappa shape index (κ2) is 10.1. The first-order valence-corrected chi connectivity index (χ1v) is 11.7. The largest absolute Gasteiger partial charge is 0.486 e. The van der Waals surface area contributed by atoms with Gasteiger partial charge in [0.1, 0.15) is 23.7 Å². The summed E-state index contributed by atoms with van der Waals surface area (Å²) in [4.78, 5) is 38.4. The number of ether oxygens (including phenoxy) is 1. The summed E-state index contributed by atoms with van der Waals surface area (Å²) in [5.41, 5.74) is 1.01. The molecule has 1 aliphatic rings. The molecule has 1 fully saturated rings. The molecule has 0 atom stereocenters. The molecule has 1 heterocycles. The Morgan fingerprint density at radius 1 is 1.00 bits per heavy atom. The molecule has 0 spiro atoms. The normalized spacial score (nSPS) is 15.0. The van der Waals surface area contributed by atoms with Crippen molar-refractivity contribution < 1.29 is 23.5 Å². The maximum Gasteiger partial charge on any atom is 0.335 e. The van der Waals surface area contributed by atoms with E-state index in [-0.39, 0.29) is 17.9 Å². The first-order valence-electron chi connectivity index (χ1n) is 9.77. The summed E-state index contributed by atoms with van der Waals surface area (Å²) in [5, 5.41) is 2.69. The Hall–Kier alpha value is -3.01. The van der Waals surface area contributed by atoms with E-state index < -0.39 is 23.7 Å². The lowest BCUT2D eigenvalue weighted by atomic mass is 10.1. The van der Waals surface area contributed by atoms with E-state index in [1.54, 1.807) is 18.2 Å². The van der Waals surface area contributed by atoms with Crippen molar-refractivity contribution >= 4 is 73.1 Å². The molecule has 0 radical (unpaired) electrons. The van der Waals surface area contributed by atoms with Crippen LogP contribution in [0.2, 0.25) is 5.02 Å². The molecular weight excluding hydrogens is 595 g/mol. The van der Waals surface area contributed by atoms with Gasteiger partial charge in [0.05, 0.1) is 14.6 Å². The van der Waals surface area contributed by atoms with E-state index >= 15 is 0 Å². The van der Waals surface area contributed by atoms with Gasteiger partial charge in [0.15, 0.2) is 0 Å². The lowest BCUT2D eigenvalue weighted by Crippen LogP contribution is -2.54. The summed E-state index contributed by atoms with van der Waals surface area (Å²) in [6.45, 7) is 0.225. The monoisotopic (exact) mass is 606 g/mol. The van der Waals surface area contributed by atoms with Crippen molar-refractivity contribution in [3.63, 3.8) is 0 Å². The second-order valence-corrected chi connectivity index (χ2v) is 9.25. The highest BCUT2D eigenvalue weighted by Gasteiger charge is 2.37. The highest BCUT2D eigenvalue weighted by molar-refractivity contribution is 9.11. The summed E-state index contributed by atoms with van der Waals surface area (Å²) in [7, 11) is 0. The lowest BCUT2D eigenvalue weighted by molar-refractivity contribution is -0.122. The zero-order valence-corrected chi connectivity index (χ0v) is 21.1. The van der Waals surface area contributed by atoms with Crippen LogP contribution in [0.4, 0.5) is 14.9 Å². The van der Waals surface area contributed by atoms with Crippen LogP contribution in [-0.4, -0.2) is 17.8 Å². The fourth-order valence-corrected chi connectivity index (χ4v) is 4.88. The minimum Gasteiger partial charge on any atom is -0.486 e. The van der Waals surface area contributed by atoms with Crippen molar-refractivity contribution in [2.45, 2.75) is 6.61 Å². The highest BCUT2D eigenvalue weighted by Crippen LogP contribution is 2.36. The summed E-state index contributed by atoms with van der Waals surface area (Å²) in [6, 6.07) is 14.6. The van der Waals surface area contributed by atoms with E-state index in [0.717, 1.165) is 11.6 Å². The van der Waals surface area contributed by atoms with E-state index in [9.17, 15) is 18.8 Å². The molecular formula is C24H14Br2ClFN2O4. The van der Waals surface area contributed by atoms with Crippen molar-refractivity contribution in [2.75, 3.05) is 4.90 Å². The molecule has 4 rings (SSSR count). The molecule has 10 heteroatoms. The zero-order valence-electron chi connectivity index (χ0n) is 17.2. The number of anilines is 1. The van der Waals surface area contributed by atoms with Gasteiger partial charge in [0.2, 0.25) is 0 Å². The number of amides is 4. The number of urea groups is 1. The van der Waals surface area contributed by atoms with Crippen LogP contribution in [0.1, 0.15) is 11.1 Å². The van der Waals surface area contributed by atoms with Crippen LogP contribution in [-0.2, 0) is 16.2 Å². The summed E-state index contributed by atoms with van der Waals surface area (Å²) < 4.78 is 20.6. The predicted octanol–water partition coefficient (Wildman–Crippen LogP) is 6.25. The van der Waals surface area contributed by atoms with Crippen LogP contribution in [0, 0.1) is 5.82 Å². The third-order valence-electron chi connectivity index (χ3n) is 4.83. The van der Waals surface area contributed by atoms with Gasteiger partial charge in [-0.15, -0.1) is 0 Å². The van der Waals surface area contributed by atoms with Gasteiger partial charge in [-0.2, -0.15) is 0 Å². The maximum absolute atomic E-state index is 13.6. The molecule has 3 aromatic rings. The number of hydrogen-bond donors (Lipinski definition) is 1. The van der Waals surface area contributed by atoms with Crippen molar-refractivity contribution in [3.05, 3.63) is 97.1 Å². The molecule has 0 aromatic heterocycles. The molecule has 0 saturated carbocycles. The Morgan fingerprint density at radius 2 is 1.71 bits per heavy atom. The minimum absolute atomic E-state index is 0.00609. The van der Waals surface area contributed by atoms with Crippen molar-refractivity contribution in [1.29, 1.82) is 0 Å². The van der Waals surface area contributed by atoms with E-state index in [2.05, 4.69) is 37.2 Å². The minimum atomic E-state index is -0.955. The number of hydrogen-bond acceptors (Lipinski definition) is 4. The van der Waals surface area contributed by atoms with Gasteiger partial charge in [0, 0.05) is 10.6 Å². The van der Waals surface area contributed by atoms with E-state index in [1.807, 2.05) is 18.2 Å². The van der Waals surface area contributed by atoms with Gasteiger partial charge >= 0.3 is 6.03 Å². The smallest absolute Gasteiger partial charge is 0.335 e. The zero-order chi connectivity index (χ0) is 24.4. The molecule has 4 amide bonds. The van der Waals surface area contributed by atoms with Crippen molar-refractivity contribution in [3.8, 4) is 5.75 Å². The lowest BCUT2D eigenvalue weighted by Gasteiger charge is -2.26. The standard InChI is InChI=1S/C24H14Br2ClFN2O4/c25-18-9-13(10-19(26)21(18)34-12-14-4-1-2-7-20(14)27)8-17-22(31)29-24(33)30(23(17)32)16-6-3-5-15(28)11-16/h1-11H,12H2,(H,29,31,33)/b17-8+. The van der Waals surface area contributed by atoms with E-state index in [0.29, 0.717) is 30.2 Å². The molecule has 172 valence electrons. The quantitative estimate of drug-likeness (QED) is 0.275. The molecule has 0 bridgehead atoms. The van der Waals surface area contributed by atoms with Gasteiger partial charge in [-0.1, -0.05) is 35.9 Å². The molecule has 0 unspecified atom stereocenters. The molecule has 3 aromatic carbocycles. The van der Waals surface area contributed by atoms with Crippen LogP contribution in [0.25, 0.3) is 6.08 Å². The van der Waals surface area contributed by atoms with Gasteiger partial charge in [0.25, 0.3) is 11.8 Å². The van der Waals surface area contributed by atoms with E-state index in [4.69, 9.17) is 16.3 Å². The number of nitrogens with zero attached hydrogens (tertiary/aromatic N) is 1. The average molecular weight is 609 g/mol. The SMILES string of the molecule is O=C1NC(=O)N(c2cccc(F)c2)C(=O)/C1=C/c1cc(Br)c(OCc2ccccc2Cl)c(Br)c1. The topological polar surface area (TPSA) is 75.7 Å². The average Bonchev–Trinajstić information content (AvgIpc) is 2.77. The molecule has 1 saturated heterocycles. The van der Waals surface area contributed by atoms with Crippen LogP contribution in [0.15, 0.2) is 75.2 Å². The van der Waals surface area contributed by atoms with Gasteiger partial charge in [-0.05, 0) is 79.9 Å². The van der Waals surface area contributed by atoms with Crippen molar-refractivity contribution in [1.82, 2.24) is 5.32 Å². The number of rotatable bonds is 5. The third kappa shape index (κ3) is 5.06. The molecule has 34 heavy (non-hydrogen) atoms. The Balaban J connectivity index is 1.62. The summed E-state index contributed by atoms with van der Waals surface area (Å²) >= 11 is 13.1. The Morgan fingerprint density at radius 3 is 2.38 bits per heavy atom. The predicted molar refractivity (Wildman–Crippen MR) is 133 cm³/mol. The highest BCUT2D eigenvalue weighted by atomic mass is 79.9. The Bertz CT molecular complexity index is 1340. The first kappa shape index (κ1) is 24.1.